The minimum Gasteiger partial charge on any atom is -0.207 e. The van der Waals surface area contributed by atoms with Crippen molar-refractivity contribution in [1.82, 2.24) is 4.31 Å². The van der Waals surface area contributed by atoms with Crippen LogP contribution in [-0.4, -0.2) is 31.2 Å². The zero-order valence-corrected chi connectivity index (χ0v) is 11.3. The van der Waals surface area contributed by atoms with Crippen molar-refractivity contribution in [1.29, 1.82) is 0 Å². The van der Waals surface area contributed by atoms with Gasteiger partial charge in [0.25, 0.3) is 0 Å². The average molecular weight is 280 g/mol. The monoisotopic (exact) mass is 279 g/mol. The highest BCUT2D eigenvalue weighted by atomic mass is 35.5. The molecule has 0 unspecified atom stereocenters. The van der Waals surface area contributed by atoms with Crippen LogP contribution in [0.4, 0.5) is 4.39 Å². The van der Waals surface area contributed by atoms with Crippen LogP contribution in [0.15, 0.2) is 29.2 Å². The first-order valence-corrected chi connectivity index (χ1v) is 7.21. The average Bonchev–Trinajstić information content (AvgIpc) is 2.25. The Morgan fingerprint density at radius 3 is 2.41 bits per heavy atom. The minimum atomic E-state index is -3.82. The lowest BCUT2D eigenvalue weighted by Gasteiger charge is -2.25. The molecule has 96 valence electrons. The molecule has 0 aliphatic heterocycles. The Morgan fingerprint density at radius 1 is 1.35 bits per heavy atom. The molecule has 0 aliphatic rings. The van der Waals surface area contributed by atoms with Gasteiger partial charge >= 0.3 is 0 Å². The van der Waals surface area contributed by atoms with E-state index in [-0.39, 0.29) is 23.4 Å². The molecule has 1 aromatic rings. The fraction of sp³-hybridized carbons (Fsp3) is 0.455. The van der Waals surface area contributed by atoms with Gasteiger partial charge in [-0.15, -0.1) is 11.6 Å². The van der Waals surface area contributed by atoms with Crippen LogP contribution >= 0.6 is 11.6 Å². The van der Waals surface area contributed by atoms with Crippen molar-refractivity contribution >= 4 is 21.6 Å². The third kappa shape index (κ3) is 3.18. The number of benzene rings is 1. The molecule has 0 aliphatic carbocycles. The van der Waals surface area contributed by atoms with Crippen molar-refractivity contribution in [3.8, 4) is 0 Å². The van der Waals surface area contributed by atoms with Crippen molar-refractivity contribution in [2.24, 2.45) is 0 Å². The third-order valence-corrected chi connectivity index (χ3v) is 4.58. The molecule has 0 aromatic heterocycles. The van der Waals surface area contributed by atoms with E-state index in [1.54, 1.807) is 13.8 Å². The highest BCUT2D eigenvalue weighted by Crippen LogP contribution is 2.20. The van der Waals surface area contributed by atoms with Gasteiger partial charge in [-0.2, -0.15) is 4.31 Å². The second-order valence-electron chi connectivity index (χ2n) is 3.83. The van der Waals surface area contributed by atoms with Gasteiger partial charge in [0.05, 0.1) is 0 Å². The fourth-order valence-electron chi connectivity index (χ4n) is 1.52. The lowest BCUT2D eigenvalue weighted by Crippen LogP contribution is -2.38. The van der Waals surface area contributed by atoms with Crippen molar-refractivity contribution in [3.63, 3.8) is 0 Å². The lowest BCUT2D eigenvalue weighted by molar-refractivity contribution is 0.368. The molecule has 1 aromatic carbocycles. The van der Waals surface area contributed by atoms with Gasteiger partial charge in [0, 0.05) is 18.5 Å². The van der Waals surface area contributed by atoms with Crippen LogP contribution in [0, 0.1) is 5.82 Å². The topological polar surface area (TPSA) is 37.4 Å². The summed E-state index contributed by atoms with van der Waals surface area (Å²) in [5.41, 5.74) is 0. The van der Waals surface area contributed by atoms with E-state index in [1.807, 2.05) is 0 Å². The normalized spacial score (nSPS) is 12.4. The Bertz CT molecular complexity index is 476. The molecule has 1 rings (SSSR count). The van der Waals surface area contributed by atoms with E-state index in [2.05, 4.69) is 0 Å². The SMILES string of the molecule is CC(C)N(CCCl)S(=O)(=O)c1ccccc1F. The molecule has 0 heterocycles. The standard InChI is InChI=1S/C11H15ClFNO2S/c1-9(2)14(8-7-12)17(15,16)11-6-4-3-5-10(11)13/h3-6,9H,7-8H2,1-2H3. The van der Waals surface area contributed by atoms with Crippen LogP contribution in [0.25, 0.3) is 0 Å². The summed E-state index contributed by atoms with van der Waals surface area (Å²) in [5, 5.41) is 0. The van der Waals surface area contributed by atoms with Crippen molar-refractivity contribution in [2.75, 3.05) is 12.4 Å². The highest BCUT2D eigenvalue weighted by Gasteiger charge is 2.28. The van der Waals surface area contributed by atoms with Gasteiger partial charge < -0.3 is 0 Å². The maximum atomic E-state index is 13.5. The molecule has 0 fully saturated rings. The maximum absolute atomic E-state index is 13.5. The predicted molar refractivity (Wildman–Crippen MR) is 66.1 cm³/mol. The number of rotatable bonds is 5. The van der Waals surface area contributed by atoms with Gasteiger partial charge in [-0.1, -0.05) is 12.1 Å². The van der Waals surface area contributed by atoms with E-state index in [0.29, 0.717) is 0 Å². The molecule has 17 heavy (non-hydrogen) atoms. The maximum Gasteiger partial charge on any atom is 0.246 e. The van der Waals surface area contributed by atoms with Crippen LogP contribution < -0.4 is 0 Å². The Morgan fingerprint density at radius 2 is 1.94 bits per heavy atom. The second kappa shape index (κ2) is 5.80. The first-order valence-electron chi connectivity index (χ1n) is 5.23. The number of hydrogen-bond acceptors (Lipinski definition) is 2. The summed E-state index contributed by atoms with van der Waals surface area (Å²) in [5.74, 6) is -0.570. The van der Waals surface area contributed by atoms with Crippen molar-refractivity contribution < 1.29 is 12.8 Å². The molecular weight excluding hydrogens is 265 g/mol. The Balaban J connectivity index is 3.22. The van der Waals surface area contributed by atoms with E-state index in [1.165, 1.54) is 22.5 Å². The molecule has 0 spiro atoms. The van der Waals surface area contributed by atoms with Gasteiger partial charge in [-0.25, -0.2) is 12.8 Å². The zero-order chi connectivity index (χ0) is 13.1. The number of halogens is 2. The molecule has 3 nitrogen and oxygen atoms in total. The summed E-state index contributed by atoms with van der Waals surface area (Å²) in [4.78, 5) is -0.307. The highest BCUT2D eigenvalue weighted by molar-refractivity contribution is 7.89. The van der Waals surface area contributed by atoms with Crippen LogP contribution in [0.1, 0.15) is 13.8 Å². The van der Waals surface area contributed by atoms with Crippen LogP contribution in [-0.2, 0) is 10.0 Å². The predicted octanol–water partition coefficient (Wildman–Crippen LogP) is 2.46. The van der Waals surface area contributed by atoms with Gasteiger partial charge in [0.2, 0.25) is 10.0 Å². The van der Waals surface area contributed by atoms with E-state index < -0.39 is 15.8 Å². The van der Waals surface area contributed by atoms with Gasteiger partial charge in [-0.05, 0) is 26.0 Å². The molecular formula is C11H15ClFNO2S. The summed E-state index contributed by atoms with van der Waals surface area (Å²) in [6.45, 7) is 3.62. The third-order valence-electron chi connectivity index (χ3n) is 2.30. The van der Waals surface area contributed by atoms with Crippen molar-refractivity contribution in [3.05, 3.63) is 30.1 Å². The molecule has 0 N–H and O–H groups in total. The molecule has 0 saturated heterocycles. The van der Waals surface area contributed by atoms with Crippen molar-refractivity contribution in [2.45, 2.75) is 24.8 Å². The molecule has 0 amide bonds. The Labute approximate surface area is 106 Å². The van der Waals surface area contributed by atoms with E-state index in [4.69, 9.17) is 11.6 Å². The largest absolute Gasteiger partial charge is 0.246 e. The quantitative estimate of drug-likeness (QED) is 0.777. The Kier molecular flexibility index (Phi) is 4.91. The zero-order valence-electron chi connectivity index (χ0n) is 9.73. The summed E-state index contributed by atoms with van der Waals surface area (Å²) in [6, 6.07) is 5.07. The van der Waals surface area contributed by atoms with E-state index in [0.717, 1.165) is 6.07 Å². The number of sulfonamides is 1. The first kappa shape index (κ1) is 14.4. The smallest absolute Gasteiger partial charge is 0.207 e. The van der Waals surface area contributed by atoms with Crippen LogP contribution in [0.3, 0.4) is 0 Å². The summed E-state index contributed by atoms with van der Waals surface area (Å²) in [6.07, 6.45) is 0. The van der Waals surface area contributed by atoms with Gasteiger partial charge in [0.1, 0.15) is 10.7 Å². The van der Waals surface area contributed by atoms with Crippen LogP contribution in [0.2, 0.25) is 0 Å². The van der Waals surface area contributed by atoms with Gasteiger partial charge in [-0.3, -0.25) is 0 Å². The van der Waals surface area contributed by atoms with Crippen LogP contribution in [0.5, 0.6) is 0 Å². The molecule has 0 radical (unpaired) electrons. The van der Waals surface area contributed by atoms with Gasteiger partial charge in [0.15, 0.2) is 0 Å². The van der Waals surface area contributed by atoms with E-state index in [9.17, 15) is 12.8 Å². The second-order valence-corrected chi connectivity index (χ2v) is 6.07. The molecule has 0 atom stereocenters. The number of alkyl halides is 1. The molecule has 0 bridgehead atoms. The summed E-state index contributed by atoms with van der Waals surface area (Å²) in [7, 11) is -3.82. The summed E-state index contributed by atoms with van der Waals surface area (Å²) >= 11 is 5.57. The Hall–Kier alpha value is -0.650. The van der Waals surface area contributed by atoms with E-state index >= 15 is 0 Å². The number of hydrogen-bond donors (Lipinski definition) is 0. The summed E-state index contributed by atoms with van der Waals surface area (Å²) < 4.78 is 39.1. The minimum absolute atomic E-state index is 0.163. The fourth-order valence-corrected chi connectivity index (χ4v) is 3.51. The lowest BCUT2D eigenvalue weighted by atomic mass is 10.3. The number of nitrogens with zero attached hydrogens (tertiary/aromatic N) is 1. The first-order chi connectivity index (χ1) is 7.91. The molecule has 6 heteroatoms. The molecule has 0 saturated carbocycles.